The molecule has 0 saturated carbocycles. The lowest BCUT2D eigenvalue weighted by atomic mass is 9.68. The van der Waals surface area contributed by atoms with Gasteiger partial charge in [0.1, 0.15) is 0 Å². The minimum absolute atomic E-state index is 0.975. The normalized spacial score (nSPS) is 12.4. The molecule has 1 aliphatic rings. The molecule has 4 aromatic carbocycles. The van der Waals surface area contributed by atoms with E-state index in [-0.39, 0.29) is 0 Å². The van der Waals surface area contributed by atoms with Crippen LogP contribution in [0.3, 0.4) is 0 Å². The minimum atomic E-state index is 0.975. The Labute approximate surface area is 368 Å². The van der Waals surface area contributed by atoms with Gasteiger partial charge >= 0.3 is 0 Å². The lowest BCUT2D eigenvalue weighted by Gasteiger charge is -2.36. The molecule has 0 N–H and O–H groups in total. The zero-order valence-corrected chi connectivity index (χ0v) is 38.6. The highest BCUT2D eigenvalue weighted by Gasteiger charge is 2.38. The molecule has 6 heteroatoms. The van der Waals surface area contributed by atoms with E-state index in [1.807, 2.05) is 22.7 Å². The molecule has 0 spiro atoms. The maximum Gasteiger partial charge on any atom is 0.0366 e. The van der Waals surface area contributed by atoms with Gasteiger partial charge in [0.2, 0.25) is 0 Å². The van der Waals surface area contributed by atoms with Crippen LogP contribution in [0.4, 0.5) is 22.7 Å². The zero-order valence-electron chi connectivity index (χ0n) is 37.0. The SMILES string of the molecule is CCN(CC)c1ccc(C(=C2C(=C(c3ccc(N(CC)CC)cc3)c3ccc(N(CC)CC)cc3)C(c3cccs3)=C2c2cccs2)c2ccc(N(CC)CC)cc2)cc1. The summed E-state index contributed by atoms with van der Waals surface area (Å²) in [6, 6.07) is 46.5. The fourth-order valence-corrected chi connectivity index (χ4v) is 10.5. The Morgan fingerprint density at radius 3 is 0.750 bits per heavy atom. The molecule has 0 atom stereocenters. The summed E-state index contributed by atoms with van der Waals surface area (Å²) >= 11 is 3.67. The predicted octanol–water partition coefficient (Wildman–Crippen LogP) is 14.1. The van der Waals surface area contributed by atoms with E-state index in [0.717, 1.165) is 52.4 Å². The molecule has 2 heterocycles. The van der Waals surface area contributed by atoms with Crippen LogP contribution in [0.1, 0.15) is 87.4 Å². The summed E-state index contributed by atoms with van der Waals surface area (Å²) in [6.07, 6.45) is 0. The molecule has 0 bridgehead atoms. The Morgan fingerprint density at radius 2 is 0.567 bits per heavy atom. The van der Waals surface area contributed by atoms with Crippen molar-refractivity contribution in [3.63, 3.8) is 0 Å². The van der Waals surface area contributed by atoms with Crippen LogP contribution in [-0.2, 0) is 0 Å². The van der Waals surface area contributed by atoms with Crippen LogP contribution < -0.4 is 19.6 Å². The largest absolute Gasteiger partial charge is 0.372 e. The van der Waals surface area contributed by atoms with Crippen LogP contribution in [-0.4, -0.2) is 52.4 Å². The van der Waals surface area contributed by atoms with Gasteiger partial charge in [0.25, 0.3) is 0 Å². The van der Waals surface area contributed by atoms with E-state index >= 15 is 0 Å². The van der Waals surface area contributed by atoms with Gasteiger partial charge in [-0.3, -0.25) is 0 Å². The first-order valence-corrected chi connectivity index (χ1v) is 23.9. The molecule has 0 amide bonds. The number of rotatable bonds is 18. The van der Waals surface area contributed by atoms with Gasteiger partial charge in [0.15, 0.2) is 0 Å². The first kappa shape index (κ1) is 42.8. The Hall–Kier alpha value is -5.30. The summed E-state index contributed by atoms with van der Waals surface area (Å²) in [5, 5.41) is 4.45. The second-order valence-corrected chi connectivity index (χ2v) is 17.0. The molecule has 6 aromatic rings. The maximum atomic E-state index is 2.43. The number of hydrogen-bond donors (Lipinski definition) is 0. The van der Waals surface area contributed by atoms with E-state index < -0.39 is 0 Å². The van der Waals surface area contributed by atoms with Crippen molar-refractivity contribution in [3.8, 4) is 0 Å². The number of nitrogens with zero attached hydrogens (tertiary/aromatic N) is 4. The van der Waals surface area contributed by atoms with E-state index in [2.05, 4.69) is 207 Å². The fourth-order valence-electron chi connectivity index (χ4n) is 8.89. The number of allylic oxidation sites excluding steroid dienone is 4. The molecule has 0 radical (unpaired) electrons. The zero-order chi connectivity index (χ0) is 42.2. The molecule has 1 aliphatic carbocycles. The van der Waals surface area contributed by atoms with Crippen molar-refractivity contribution >= 4 is 67.7 Å². The summed E-state index contributed by atoms with van der Waals surface area (Å²) in [4.78, 5) is 12.3. The molecule has 7 rings (SSSR count). The van der Waals surface area contributed by atoms with Gasteiger partial charge in [0, 0.05) is 107 Å². The van der Waals surface area contributed by atoms with Crippen molar-refractivity contribution in [1.82, 2.24) is 0 Å². The van der Waals surface area contributed by atoms with Crippen LogP contribution in [0.2, 0.25) is 0 Å². The van der Waals surface area contributed by atoms with Gasteiger partial charge in [-0.15, -0.1) is 22.7 Å². The smallest absolute Gasteiger partial charge is 0.0366 e. The van der Waals surface area contributed by atoms with Crippen LogP contribution in [0, 0.1) is 0 Å². The third-order valence-corrected chi connectivity index (χ3v) is 13.9. The van der Waals surface area contributed by atoms with Gasteiger partial charge in [-0.2, -0.15) is 0 Å². The molecular weight excluding hydrogens is 769 g/mol. The molecule has 0 fully saturated rings. The van der Waals surface area contributed by atoms with Gasteiger partial charge in [-0.1, -0.05) is 60.7 Å². The number of thiophene rings is 2. The van der Waals surface area contributed by atoms with Crippen molar-refractivity contribution < 1.29 is 0 Å². The van der Waals surface area contributed by atoms with Crippen molar-refractivity contribution in [2.45, 2.75) is 55.4 Å². The highest BCUT2D eigenvalue weighted by Crippen LogP contribution is 2.59. The highest BCUT2D eigenvalue weighted by atomic mass is 32.1. The summed E-state index contributed by atoms with van der Waals surface area (Å²) in [5.74, 6) is 0. The lowest BCUT2D eigenvalue weighted by Crippen LogP contribution is -2.22. The standard InChI is InChI=1S/C54H62N4S2/c1-9-55(10-2)43-29-21-39(22-30-43)49(40-23-31-44(32-24-40)56(11-3)12-4)53-51(47-19-17-37-59-47)52(48-20-18-38-60-48)54(53)50(41-25-33-45(34-26-41)57(13-5)14-6)42-27-35-46(36-28-42)58(15-7)16-8/h17-38H,9-16H2,1-8H3. The third-order valence-electron chi connectivity index (χ3n) is 12.2. The lowest BCUT2D eigenvalue weighted by molar-refractivity contribution is 0.866. The summed E-state index contributed by atoms with van der Waals surface area (Å²) in [5.41, 5.74) is 17.7. The monoisotopic (exact) mass is 830 g/mol. The van der Waals surface area contributed by atoms with Gasteiger partial charge in [-0.25, -0.2) is 0 Å². The summed E-state index contributed by atoms with van der Waals surface area (Å²) < 4.78 is 0. The van der Waals surface area contributed by atoms with E-state index in [1.165, 1.54) is 88.2 Å². The van der Waals surface area contributed by atoms with E-state index in [9.17, 15) is 0 Å². The number of anilines is 4. The maximum absolute atomic E-state index is 2.43. The van der Waals surface area contributed by atoms with E-state index in [1.54, 1.807) is 0 Å². The Bertz CT molecular complexity index is 2080. The van der Waals surface area contributed by atoms with Crippen LogP contribution in [0.15, 0.2) is 143 Å². The quantitative estimate of drug-likeness (QED) is 0.0855. The first-order chi connectivity index (χ1) is 29.4. The van der Waals surface area contributed by atoms with Crippen molar-refractivity contribution in [2.75, 3.05) is 72.0 Å². The van der Waals surface area contributed by atoms with Crippen LogP contribution in [0.25, 0.3) is 22.3 Å². The third kappa shape index (κ3) is 8.50. The summed E-state index contributed by atoms with van der Waals surface area (Å²) in [7, 11) is 0. The average Bonchev–Trinajstić information content (AvgIpc) is 4.03. The van der Waals surface area contributed by atoms with Gasteiger partial charge < -0.3 is 19.6 Å². The highest BCUT2D eigenvalue weighted by molar-refractivity contribution is 7.12. The molecule has 0 aliphatic heterocycles. The van der Waals surface area contributed by atoms with Crippen LogP contribution >= 0.6 is 22.7 Å². The molecule has 0 saturated heterocycles. The van der Waals surface area contributed by atoms with Gasteiger partial charge in [-0.05, 0) is 160 Å². The average molecular weight is 831 g/mol. The molecular formula is C54H62N4S2. The molecule has 4 nitrogen and oxygen atoms in total. The fraction of sp³-hybridized carbons (Fsp3) is 0.296. The van der Waals surface area contributed by atoms with E-state index in [4.69, 9.17) is 0 Å². The molecule has 0 unspecified atom stereocenters. The van der Waals surface area contributed by atoms with Crippen LogP contribution in [0.5, 0.6) is 0 Å². The Kier molecular flexibility index (Phi) is 14.2. The topological polar surface area (TPSA) is 13.0 Å². The Balaban J connectivity index is 1.62. The number of benzene rings is 4. The first-order valence-electron chi connectivity index (χ1n) is 22.2. The number of hydrogen-bond acceptors (Lipinski definition) is 6. The summed E-state index contributed by atoms with van der Waals surface area (Å²) in [6.45, 7) is 25.7. The van der Waals surface area contributed by atoms with Crippen molar-refractivity contribution in [2.24, 2.45) is 0 Å². The molecule has 60 heavy (non-hydrogen) atoms. The minimum Gasteiger partial charge on any atom is -0.372 e. The van der Waals surface area contributed by atoms with Crippen molar-refractivity contribution in [3.05, 3.63) is 175 Å². The molecule has 310 valence electrons. The van der Waals surface area contributed by atoms with E-state index in [0.29, 0.717) is 0 Å². The van der Waals surface area contributed by atoms with Crippen molar-refractivity contribution in [1.29, 1.82) is 0 Å². The second-order valence-electron chi connectivity index (χ2n) is 15.1. The molecule has 2 aromatic heterocycles. The second kappa shape index (κ2) is 19.8. The van der Waals surface area contributed by atoms with Gasteiger partial charge in [0.05, 0.1) is 0 Å². The Morgan fingerprint density at radius 1 is 0.333 bits per heavy atom. The predicted molar refractivity (Wildman–Crippen MR) is 268 cm³/mol.